The highest BCUT2D eigenvalue weighted by Crippen LogP contribution is 2.16. The van der Waals surface area contributed by atoms with Gasteiger partial charge < -0.3 is 20.4 Å². The van der Waals surface area contributed by atoms with Gasteiger partial charge >= 0.3 is 11.8 Å². The average Bonchev–Trinajstić information content (AvgIpc) is 2.68. The Morgan fingerprint density at radius 3 is 2.07 bits per heavy atom. The van der Waals surface area contributed by atoms with E-state index in [9.17, 15) is 9.59 Å². The quantitative estimate of drug-likeness (QED) is 0.624. The lowest BCUT2D eigenvalue weighted by Gasteiger charge is -2.23. The molecule has 0 spiro atoms. The van der Waals surface area contributed by atoms with Crippen molar-refractivity contribution in [3.05, 3.63) is 65.7 Å². The molecule has 0 fully saturated rings. The molecule has 6 nitrogen and oxygen atoms in total. The van der Waals surface area contributed by atoms with E-state index < -0.39 is 11.8 Å². The molecule has 28 heavy (non-hydrogen) atoms. The highest BCUT2D eigenvalue weighted by Gasteiger charge is 2.22. The minimum Gasteiger partial charge on any atom is -0.378 e. The van der Waals surface area contributed by atoms with Crippen LogP contribution in [-0.2, 0) is 9.59 Å². The summed E-state index contributed by atoms with van der Waals surface area (Å²) in [5, 5.41) is 5.52. The lowest BCUT2D eigenvalue weighted by Crippen LogP contribution is -3.07. The molecule has 6 heteroatoms. The number of nitrogens with one attached hydrogen (secondary N) is 3. The van der Waals surface area contributed by atoms with Gasteiger partial charge in [-0.05, 0) is 24.6 Å². The Morgan fingerprint density at radius 2 is 1.54 bits per heavy atom. The zero-order valence-corrected chi connectivity index (χ0v) is 17.3. The molecule has 2 aromatic rings. The predicted octanol–water partition coefficient (Wildman–Crippen LogP) is 0.932. The first-order chi connectivity index (χ1) is 13.3. The van der Waals surface area contributed by atoms with E-state index in [1.165, 1.54) is 4.90 Å². The Hall–Kier alpha value is -2.86. The van der Waals surface area contributed by atoms with Crippen molar-refractivity contribution in [2.75, 3.05) is 39.6 Å². The lowest BCUT2D eigenvalue weighted by atomic mass is 10.1. The zero-order valence-electron chi connectivity index (χ0n) is 17.3. The molecule has 0 aliphatic carbocycles. The summed E-state index contributed by atoms with van der Waals surface area (Å²) >= 11 is 0. The van der Waals surface area contributed by atoms with Crippen LogP contribution in [0.15, 0.2) is 54.6 Å². The maximum atomic E-state index is 12.3. The van der Waals surface area contributed by atoms with Gasteiger partial charge in [-0.25, -0.2) is 0 Å². The summed E-state index contributed by atoms with van der Waals surface area (Å²) in [7, 11) is 8.07. The van der Waals surface area contributed by atoms with Crippen LogP contribution >= 0.6 is 0 Å². The van der Waals surface area contributed by atoms with E-state index in [2.05, 4.69) is 34.9 Å². The summed E-state index contributed by atoms with van der Waals surface area (Å²) in [4.78, 5) is 27.7. The number of amides is 2. The summed E-state index contributed by atoms with van der Waals surface area (Å²) < 4.78 is 0. The number of nitrogens with zero attached hydrogens (tertiary/aromatic N) is 1. The van der Waals surface area contributed by atoms with Gasteiger partial charge in [0, 0.05) is 25.3 Å². The van der Waals surface area contributed by atoms with Crippen LogP contribution in [0.5, 0.6) is 0 Å². The molecule has 150 valence electrons. The highest BCUT2D eigenvalue weighted by molar-refractivity contribution is 6.35. The number of quaternary nitrogens is 1. The number of hydrogen-bond donors (Lipinski definition) is 3. The maximum absolute atomic E-state index is 12.3. The summed E-state index contributed by atoms with van der Waals surface area (Å²) in [6.45, 7) is 2.25. The first-order valence-corrected chi connectivity index (χ1v) is 9.50. The minimum absolute atomic E-state index is 0.0551. The van der Waals surface area contributed by atoms with Crippen LogP contribution in [0.2, 0.25) is 0 Å². The van der Waals surface area contributed by atoms with E-state index in [-0.39, 0.29) is 12.1 Å². The normalized spacial score (nSPS) is 12.9. The second-order valence-corrected chi connectivity index (χ2v) is 7.43. The van der Waals surface area contributed by atoms with E-state index >= 15 is 0 Å². The number of hydrogen-bond acceptors (Lipinski definition) is 3. The Bertz CT molecular complexity index is 773. The Kier molecular flexibility index (Phi) is 7.58. The van der Waals surface area contributed by atoms with Gasteiger partial charge in [-0.1, -0.05) is 42.5 Å². The fourth-order valence-electron chi connectivity index (χ4n) is 3.02. The Balaban J connectivity index is 1.95. The molecule has 0 unspecified atom stereocenters. The van der Waals surface area contributed by atoms with Gasteiger partial charge in [0.15, 0.2) is 0 Å². The van der Waals surface area contributed by atoms with Crippen molar-refractivity contribution >= 4 is 17.5 Å². The standard InChI is InChI=1S/C22H30N4O2/c1-16(17-9-7-6-8-10-17)24-22(28)21(27)23-15-20(26(4)5)18-11-13-19(14-12-18)25(2)3/h6-14,16,20H,15H2,1-5H3,(H,23,27)(H,24,28)/p+1/t16-,20-/m1/s1. The van der Waals surface area contributed by atoms with Crippen molar-refractivity contribution in [1.29, 1.82) is 0 Å². The summed E-state index contributed by atoms with van der Waals surface area (Å²) in [6.07, 6.45) is 0. The van der Waals surface area contributed by atoms with Crippen molar-refractivity contribution in [2.24, 2.45) is 0 Å². The molecule has 2 amide bonds. The van der Waals surface area contributed by atoms with Crippen molar-refractivity contribution < 1.29 is 14.5 Å². The van der Waals surface area contributed by atoms with Crippen LogP contribution in [-0.4, -0.2) is 46.5 Å². The van der Waals surface area contributed by atoms with Crippen LogP contribution < -0.4 is 20.4 Å². The predicted molar refractivity (Wildman–Crippen MR) is 112 cm³/mol. The summed E-state index contributed by atoms with van der Waals surface area (Å²) in [5.74, 6) is -1.23. The zero-order chi connectivity index (χ0) is 20.7. The third-order valence-corrected chi connectivity index (χ3v) is 4.83. The first kappa shape index (κ1) is 21.4. The number of rotatable bonds is 7. The van der Waals surface area contributed by atoms with E-state index in [0.29, 0.717) is 6.54 Å². The van der Waals surface area contributed by atoms with Gasteiger partial charge in [-0.2, -0.15) is 0 Å². The average molecular weight is 384 g/mol. The molecular weight excluding hydrogens is 352 g/mol. The summed E-state index contributed by atoms with van der Waals surface area (Å²) in [5.41, 5.74) is 3.19. The van der Waals surface area contributed by atoms with Crippen molar-refractivity contribution in [3.8, 4) is 0 Å². The molecule has 0 aromatic heterocycles. The molecule has 0 aliphatic rings. The number of likely N-dealkylation sites (N-methyl/N-ethyl adjacent to an activating group) is 1. The van der Waals surface area contributed by atoms with Gasteiger partial charge in [0.2, 0.25) is 0 Å². The molecule has 0 aliphatic heterocycles. The molecule has 0 radical (unpaired) electrons. The highest BCUT2D eigenvalue weighted by atomic mass is 16.2. The molecule has 0 saturated heterocycles. The summed E-state index contributed by atoms with van der Waals surface area (Å²) in [6, 6.07) is 17.6. The van der Waals surface area contributed by atoms with E-state index in [1.807, 2.05) is 70.3 Å². The van der Waals surface area contributed by atoms with Crippen LogP contribution in [0, 0.1) is 0 Å². The van der Waals surface area contributed by atoms with Gasteiger partial charge in [0.1, 0.15) is 6.04 Å². The van der Waals surface area contributed by atoms with E-state index in [1.54, 1.807) is 0 Å². The fraction of sp³-hybridized carbons (Fsp3) is 0.364. The van der Waals surface area contributed by atoms with E-state index in [4.69, 9.17) is 0 Å². The van der Waals surface area contributed by atoms with Crippen molar-refractivity contribution in [1.82, 2.24) is 10.6 Å². The molecule has 2 rings (SSSR count). The SMILES string of the molecule is C[C@@H](NC(=O)C(=O)NC[C@H](c1ccc(N(C)C)cc1)[NH+](C)C)c1ccccc1. The van der Waals surface area contributed by atoms with Gasteiger partial charge in [-0.3, -0.25) is 9.59 Å². The molecule has 2 atom stereocenters. The van der Waals surface area contributed by atoms with Crippen LogP contribution in [0.3, 0.4) is 0 Å². The molecule has 0 saturated carbocycles. The van der Waals surface area contributed by atoms with Crippen LogP contribution in [0.4, 0.5) is 5.69 Å². The van der Waals surface area contributed by atoms with Gasteiger partial charge in [0.05, 0.1) is 26.7 Å². The Labute approximate surface area is 167 Å². The molecule has 0 heterocycles. The number of carbonyl (C=O) groups is 2. The Morgan fingerprint density at radius 1 is 0.929 bits per heavy atom. The number of anilines is 1. The molecule has 3 N–H and O–H groups in total. The van der Waals surface area contributed by atoms with Crippen molar-refractivity contribution in [3.63, 3.8) is 0 Å². The smallest absolute Gasteiger partial charge is 0.309 e. The topological polar surface area (TPSA) is 65.9 Å². The lowest BCUT2D eigenvalue weighted by molar-refractivity contribution is -0.890. The molecule has 0 bridgehead atoms. The third-order valence-electron chi connectivity index (χ3n) is 4.83. The monoisotopic (exact) mass is 383 g/mol. The van der Waals surface area contributed by atoms with Gasteiger partial charge in [-0.15, -0.1) is 0 Å². The third kappa shape index (κ3) is 5.82. The maximum Gasteiger partial charge on any atom is 0.309 e. The molecular formula is C22H31N4O2+. The van der Waals surface area contributed by atoms with Crippen molar-refractivity contribution in [2.45, 2.75) is 19.0 Å². The molecule has 2 aromatic carbocycles. The largest absolute Gasteiger partial charge is 0.378 e. The minimum atomic E-state index is -0.619. The second kappa shape index (κ2) is 9.90. The van der Waals surface area contributed by atoms with Crippen LogP contribution in [0.25, 0.3) is 0 Å². The number of benzene rings is 2. The second-order valence-electron chi connectivity index (χ2n) is 7.43. The number of carbonyl (C=O) groups excluding carboxylic acids is 2. The first-order valence-electron chi connectivity index (χ1n) is 9.50. The van der Waals surface area contributed by atoms with E-state index in [0.717, 1.165) is 16.8 Å². The van der Waals surface area contributed by atoms with Crippen LogP contribution in [0.1, 0.15) is 30.1 Å². The fourth-order valence-corrected chi connectivity index (χ4v) is 3.02. The van der Waals surface area contributed by atoms with Gasteiger partial charge in [0.25, 0.3) is 0 Å².